The van der Waals surface area contributed by atoms with Gasteiger partial charge in [-0.2, -0.15) is 0 Å². The first-order chi connectivity index (χ1) is 12.6. The summed E-state index contributed by atoms with van der Waals surface area (Å²) in [5, 5.41) is 8.66. The van der Waals surface area contributed by atoms with Crippen molar-refractivity contribution < 1.29 is 9.59 Å². The molecule has 0 atom stereocenters. The number of rotatable bonds is 3. The van der Waals surface area contributed by atoms with Crippen molar-refractivity contribution in [2.24, 2.45) is 0 Å². The Bertz CT molecular complexity index is 989. The number of amides is 2. The second-order valence-electron chi connectivity index (χ2n) is 6.93. The molecular formula is C20H21N3O2S. The van der Waals surface area contributed by atoms with Gasteiger partial charge in [-0.05, 0) is 24.3 Å². The standard InChI is InChI=1S/C20H21N3O2S/c1-13(24)23-20(11-5-2-6-12-20)18(25)22-19-21-17-15-8-4-3-7-14(15)9-10-16(17)26-19/h3-4,7-10H,2,5-6,11-12H2,1H3,(H,23,24)(H,21,22,25). The number of nitrogens with one attached hydrogen (secondary N) is 2. The van der Waals surface area contributed by atoms with Gasteiger partial charge < -0.3 is 5.32 Å². The van der Waals surface area contributed by atoms with Crippen molar-refractivity contribution in [3.05, 3.63) is 36.4 Å². The number of hydrogen-bond acceptors (Lipinski definition) is 4. The van der Waals surface area contributed by atoms with Crippen molar-refractivity contribution in [3.63, 3.8) is 0 Å². The van der Waals surface area contributed by atoms with Gasteiger partial charge >= 0.3 is 0 Å². The average molecular weight is 367 g/mol. The molecule has 1 aliphatic carbocycles. The molecule has 1 fully saturated rings. The van der Waals surface area contributed by atoms with E-state index in [1.807, 2.05) is 24.3 Å². The van der Waals surface area contributed by atoms with E-state index in [1.54, 1.807) is 0 Å². The molecule has 0 aliphatic heterocycles. The van der Waals surface area contributed by atoms with E-state index in [4.69, 9.17) is 0 Å². The monoisotopic (exact) mass is 367 g/mol. The summed E-state index contributed by atoms with van der Waals surface area (Å²) in [6, 6.07) is 12.2. The molecule has 2 aromatic carbocycles. The molecule has 1 aliphatic rings. The van der Waals surface area contributed by atoms with Crippen molar-refractivity contribution in [1.29, 1.82) is 0 Å². The largest absolute Gasteiger partial charge is 0.342 e. The fourth-order valence-electron chi connectivity index (χ4n) is 3.83. The summed E-state index contributed by atoms with van der Waals surface area (Å²) in [6.07, 6.45) is 4.33. The number of anilines is 1. The van der Waals surface area contributed by atoms with E-state index < -0.39 is 5.54 Å². The summed E-state index contributed by atoms with van der Waals surface area (Å²) in [7, 11) is 0. The van der Waals surface area contributed by atoms with E-state index in [0.29, 0.717) is 18.0 Å². The van der Waals surface area contributed by atoms with E-state index in [1.165, 1.54) is 18.3 Å². The molecule has 1 heterocycles. The third-order valence-electron chi connectivity index (χ3n) is 5.06. The molecule has 0 unspecified atom stereocenters. The minimum atomic E-state index is -0.815. The summed E-state index contributed by atoms with van der Waals surface area (Å²) in [6.45, 7) is 1.47. The zero-order valence-electron chi connectivity index (χ0n) is 14.7. The fourth-order valence-corrected chi connectivity index (χ4v) is 4.71. The van der Waals surface area contributed by atoms with E-state index in [0.717, 1.165) is 40.3 Å². The van der Waals surface area contributed by atoms with Gasteiger partial charge in [0.15, 0.2) is 5.13 Å². The lowest BCUT2D eigenvalue weighted by Crippen LogP contribution is -2.57. The van der Waals surface area contributed by atoms with Gasteiger partial charge in [-0.15, -0.1) is 0 Å². The quantitative estimate of drug-likeness (QED) is 0.728. The average Bonchev–Trinajstić information content (AvgIpc) is 3.05. The zero-order chi connectivity index (χ0) is 18.1. The maximum atomic E-state index is 13.0. The minimum Gasteiger partial charge on any atom is -0.342 e. The van der Waals surface area contributed by atoms with Crippen LogP contribution in [0.5, 0.6) is 0 Å². The Labute approximate surface area is 155 Å². The van der Waals surface area contributed by atoms with Crippen LogP contribution in [0.3, 0.4) is 0 Å². The number of carbonyl (C=O) groups is 2. The Morgan fingerprint density at radius 1 is 1.08 bits per heavy atom. The molecule has 5 nitrogen and oxygen atoms in total. The maximum absolute atomic E-state index is 13.0. The smallest absolute Gasteiger partial charge is 0.251 e. The van der Waals surface area contributed by atoms with Crippen molar-refractivity contribution in [2.75, 3.05) is 5.32 Å². The lowest BCUT2D eigenvalue weighted by Gasteiger charge is -2.35. The zero-order valence-corrected chi connectivity index (χ0v) is 15.5. The van der Waals surface area contributed by atoms with E-state index >= 15 is 0 Å². The molecule has 26 heavy (non-hydrogen) atoms. The normalized spacial score (nSPS) is 16.5. The Balaban J connectivity index is 1.66. The highest BCUT2D eigenvalue weighted by atomic mass is 32.1. The van der Waals surface area contributed by atoms with Crippen LogP contribution in [0.2, 0.25) is 0 Å². The summed E-state index contributed by atoms with van der Waals surface area (Å²) in [5.74, 6) is -0.326. The molecule has 6 heteroatoms. The Morgan fingerprint density at radius 2 is 1.85 bits per heavy atom. The lowest BCUT2D eigenvalue weighted by atomic mass is 9.81. The van der Waals surface area contributed by atoms with E-state index in [2.05, 4.69) is 27.8 Å². The SMILES string of the molecule is CC(=O)NC1(C(=O)Nc2nc3c(ccc4ccccc43)s2)CCCCC1. The number of hydrogen-bond donors (Lipinski definition) is 2. The van der Waals surface area contributed by atoms with Gasteiger partial charge in [0.1, 0.15) is 5.54 Å². The lowest BCUT2D eigenvalue weighted by molar-refractivity contribution is -0.130. The molecule has 134 valence electrons. The number of fused-ring (bicyclic) bond motifs is 3. The Hall–Kier alpha value is -2.47. The maximum Gasteiger partial charge on any atom is 0.251 e. The summed E-state index contributed by atoms with van der Waals surface area (Å²) >= 11 is 1.47. The number of nitrogens with zero attached hydrogens (tertiary/aromatic N) is 1. The molecule has 3 aromatic rings. The van der Waals surface area contributed by atoms with Gasteiger partial charge in [0.2, 0.25) is 5.91 Å². The predicted octanol–water partition coefficient (Wildman–Crippen LogP) is 4.23. The molecule has 1 saturated carbocycles. The third kappa shape index (κ3) is 3.05. The number of thiazole rings is 1. The highest BCUT2D eigenvalue weighted by molar-refractivity contribution is 7.22. The van der Waals surface area contributed by atoms with Gasteiger partial charge in [0.05, 0.1) is 10.2 Å². The first-order valence-electron chi connectivity index (χ1n) is 8.96. The topological polar surface area (TPSA) is 71.1 Å². The van der Waals surface area contributed by atoms with Crippen LogP contribution < -0.4 is 10.6 Å². The Morgan fingerprint density at radius 3 is 2.62 bits per heavy atom. The molecule has 0 bridgehead atoms. The summed E-state index contributed by atoms with van der Waals surface area (Å²) in [5.41, 5.74) is 0.0879. The van der Waals surface area contributed by atoms with Gasteiger partial charge in [-0.25, -0.2) is 4.98 Å². The highest BCUT2D eigenvalue weighted by Crippen LogP contribution is 2.34. The van der Waals surface area contributed by atoms with Crippen LogP contribution in [0, 0.1) is 0 Å². The first-order valence-corrected chi connectivity index (χ1v) is 9.78. The van der Waals surface area contributed by atoms with Crippen LogP contribution in [0.15, 0.2) is 36.4 Å². The highest BCUT2D eigenvalue weighted by Gasteiger charge is 2.40. The molecule has 0 saturated heterocycles. The van der Waals surface area contributed by atoms with Gasteiger partial charge in [-0.1, -0.05) is 60.9 Å². The van der Waals surface area contributed by atoms with Crippen molar-refractivity contribution in [3.8, 4) is 0 Å². The molecule has 2 N–H and O–H groups in total. The van der Waals surface area contributed by atoms with Crippen molar-refractivity contribution in [1.82, 2.24) is 10.3 Å². The Kier molecular flexibility index (Phi) is 4.36. The molecular weight excluding hydrogens is 346 g/mol. The van der Waals surface area contributed by atoms with Crippen LogP contribution in [0.4, 0.5) is 5.13 Å². The van der Waals surface area contributed by atoms with E-state index in [9.17, 15) is 9.59 Å². The minimum absolute atomic E-state index is 0.157. The van der Waals surface area contributed by atoms with Crippen LogP contribution in [0.25, 0.3) is 21.0 Å². The number of aromatic nitrogens is 1. The first kappa shape index (κ1) is 17.0. The number of benzene rings is 2. The molecule has 2 amide bonds. The third-order valence-corrected chi connectivity index (χ3v) is 6.00. The van der Waals surface area contributed by atoms with Gasteiger partial charge in [0, 0.05) is 12.3 Å². The second-order valence-corrected chi connectivity index (χ2v) is 7.96. The number of carbonyl (C=O) groups excluding carboxylic acids is 2. The molecule has 4 rings (SSSR count). The molecule has 0 radical (unpaired) electrons. The molecule has 1 aromatic heterocycles. The van der Waals surface area contributed by atoms with Crippen LogP contribution >= 0.6 is 11.3 Å². The van der Waals surface area contributed by atoms with E-state index in [-0.39, 0.29) is 11.8 Å². The van der Waals surface area contributed by atoms with Crippen LogP contribution in [0.1, 0.15) is 39.0 Å². The molecule has 0 spiro atoms. The van der Waals surface area contributed by atoms with Gasteiger partial charge in [-0.3, -0.25) is 14.9 Å². The van der Waals surface area contributed by atoms with Crippen molar-refractivity contribution in [2.45, 2.75) is 44.6 Å². The predicted molar refractivity (Wildman–Crippen MR) is 105 cm³/mol. The second kappa shape index (κ2) is 6.68. The summed E-state index contributed by atoms with van der Waals surface area (Å²) < 4.78 is 1.04. The summed E-state index contributed by atoms with van der Waals surface area (Å²) in [4.78, 5) is 29.3. The van der Waals surface area contributed by atoms with Crippen LogP contribution in [-0.2, 0) is 9.59 Å². The van der Waals surface area contributed by atoms with Crippen LogP contribution in [-0.4, -0.2) is 22.3 Å². The van der Waals surface area contributed by atoms with Gasteiger partial charge in [0.25, 0.3) is 5.91 Å². The fraction of sp³-hybridized carbons (Fsp3) is 0.350. The van der Waals surface area contributed by atoms with Crippen molar-refractivity contribution >= 4 is 49.3 Å².